The van der Waals surface area contributed by atoms with Crippen LogP contribution < -0.4 is 0 Å². The average Bonchev–Trinajstić information content (AvgIpc) is 3.05. The summed E-state index contributed by atoms with van der Waals surface area (Å²) in [6.07, 6.45) is 3.93. The second-order valence-corrected chi connectivity index (χ2v) is 5.09. The quantitative estimate of drug-likeness (QED) is 0.917. The molecule has 1 aromatic heterocycles. The lowest BCUT2D eigenvalue weighted by atomic mass is 9.98. The molecule has 19 heavy (non-hydrogen) atoms. The first-order valence-corrected chi connectivity index (χ1v) is 6.67. The summed E-state index contributed by atoms with van der Waals surface area (Å²) in [6, 6.07) is 7.60. The Balaban J connectivity index is 1.92. The molecule has 0 spiro atoms. The number of hydrogen-bond acceptors (Lipinski definition) is 3. The first-order valence-electron chi connectivity index (χ1n) is 6.67. The number of para-hydroxylation sites is 1. The van der Waals surface area contributed by atoms with Gasteiger partial charge in [0.1, 0.15) is 5.58 Å². The van der Waals surface area contributed by atoms with Crippen LogP contribution in [0.15, 0.2) is 34.9 Å². The molecule has 4 heteroatoms. The van der Waals surface area contributed by atoms with Gasteiger partial charge >= 0.3 is 5.97 Å². The van der Waals surface area contributed by atoms with Gasteiger partial charge in [-0.1, -0.05) is 18.2 Å². The Bertz CT molecular complexity index is 584. The number of hydrogen-bond donors (Lipinski definition) is 1. The Kier molecular flexibility index (Phi) is 3.25. The van der Waals surface area contributed by atoms with E-state index in [4.69, 9.17) is 4.42 Å². The van der Waals surface area contributed by atoms with Gasteiger partial charge in [-0.25, -0.2) is 0 Å². The predicted octanol–water partition coefficient (Wildman–Crippen LogP) is 2.70. The fourth-order valence-electron chi connectivity index (χ4n) is 2.80. The third-order valence-corrected chi connectivity index (χ3v) is 3.82. The van der Waals surface area contributed by atoms with Crippen LogP contribution in [0, 0.1) is 0 Å². The predicted molar refractivity (Wildman–Crippen MR) is 72.3 cm³/mol. The van der Waals surface area contributed by atoms with Crippen molar-refractivity contribution < 1.29 is 14.3 Å². The van der Waals surface area contributed by atoms with E-state index in [-0.39, 0.29) is 0 Å². The third kappa shape index (κ3) is 2.36. The van der Waals surface area contributed by atoms with Crippen LogP contribution in [0.4, 0.5) is 0 Å². The molecule has 0 radical (unpaired) electrons. The SMILES string of the molecule is O=C(O)C(CN1CCCC1)c1coc2ccccc12. The Morgan fingerprint density at radius 1 is 1.32 bits per heavy atom. The molecule has 0 aliphatic carbocycles. The van der Waals surface area contributed by atoms with Crippen LogP contribution in [0.5, 0.6) is 0 Å². The monoisotopic (exact) mass is 259 g/mol. The van der Waals surface area contributed by atoms with Crippen molar-refractivity contribution in [2.75, 3.05) is 19.6 Å². The molecule has 2 aromatic rings. The fourth-order valence-corrected chi connectivity index (χ4v) is 2.80. The zero-order chi connectivity index (χ0) is 13.2. The van der Waals surface area contributed by atoms with Crippen molar-refractivity contribution in [2.45, 2.75) is 18.8 Å². The van der Waals surface area contributed by atoms with E-state index in [0.717, 1.165) is 29.6 Å². The molecular weight excluding hydrogens is 242 g/mol. The van der Waals surface area contributed by atoms with Crippen LogP contribution >= 0.6 is 0 Å². The maximum absolute atomic E-state index is 11.6. The third-order valence-electron chi connectivity index (χ3n) is 3.82. The minimum Gasteiger partial charge on any atom is -0.481 e. The van der Waals surface area contributed by atoms with Crippen molar-refractivity contribution in [1.29, 1.82) is 0 Å². The van der Waals surface area contributed by atoms with Crippen molar-refractivity contribution in [1.82, 2.24) is 4.90 Å². The first kappa shape index (κ1) is 12.2. The van der Waals surface area contributed by atoms with Gasteiger partial charge in [0, 0.05) is 17.5 Å². The summed E-state index contributed by atoms with van der Waals surface area (Å²) >= 11 is 0. The van der Waals surface area contributed by atoms with E-state index in [9.17, 15) is 9.90 Å². The van der Waals surface area contributed by atoms with Crippen molar-refractivity contribution in [3.8, 4) is 0 Å². The topological polar surface area (TPSA) is 53.7 Å². The first-order chi connectivity index (χ1) is 9.25. The minimum atomic E-state index is -0.779. The fraction of sp³-hybridized carbons (Fsp3) is 0.400. The average molecular weight is 259 g/mol. The van der Waals surface area contributed by atoms with Gasteiger partial charge in [-0.2, -0.15) is 0 Å². The number of carboxylic acids is 1. The van der Waals surface area contributed by atoms with Gasteiger partial charge in [-0.05, 0) is 32.0 Å². The molecule has 1 N–H and O–H groups in total. The molecule has 100 valence electrons. The number of carboxylic acid groups (broad SMARTS) is 1. The van der Waals surface area contributed by atoms with Crippen LogP contribution in [-0.2, 0) is 4.79 Å². The van der Waals surface area contributed by atoms with Gasteiger partial charge < -0.3 is 14.4 Å². The summed E-state index contributed by atoms with van der Waals surface area (Å²) in [4.78, 5) is 13.8. The second-order valence-electron chi connectivity index (χ2n) is 5.09. The number of furan rings is 1. The maximum Gasteiger partial charge on any atom is 0.312 e. The molecule has 1 unspecified atom stereocenters. The molecule has 0 saturated carbocycles. The highest BCUT2D eigenvalue weighted by Crippen LogP contribution is 2.29. The molecular formula is C15H17NO3. The van der Waals surface area contributed by atoms with E-state index >= 15 is 0 Å². The largest absolute Gasteiger partial charge is 0.481 e. The molecule has 1 aromatic carbocycles. The maximum atomic E-state index is 11.6. The summed E-state index contributed by atoms with van der Waals surface area (Å²) in [6.45, 7) is 2.57. The Labute approximate surface area is 111 Å². The Hall–Kier alpha value is -1.81. The summed E-state index contributed by atoms with van der Waals surface area (Å²) in [5.41, 5.74) is 1.54. The zero-order valence-electron chi connectivity index (χ0n) is 10.7. The molecule has 3 rings (SSSR count). The molecule has 2 heterocycles. The smallest absolute Gasteiger partial charge is 0.312 e. The van der Waals surface area contributed by atoms with Crippen LogP contribution in [0.2, 0.25) is 0 Å². The molecule has 1 atom stereocenters. The summed E-state index contributed by atoms with van der Waals surface area (Å²) in [5.74, 6) is -1.29. The molecule has 1 fully saturated rings. The second kappa shape index (κ2) is 5.05. The number of benzene rings is 1. The summed E-state index contributed by atoms with van der Waals surface area (Å²) in [5, 5.41) is 10.4. The molecule has 1 aliphatic rings. The van der Waals surface area contributed by atoms with Crippen molar-refractivity contribution in [3.05, 3.63) is 36.1 Å². The number of nitrogens with zero attached hydrogens (tertiary/aromatic N) is 1. The van der Waals surface area contributed by atoms with E-state index in [0.29, 0.717) is 6.54 Å². The highest BCUT2D eigenvalue weighted by molar-refractivity contribution is 5.88. The number of likely N-dealkylation sites (tertiary alicyclic amines) is 1. The normalized spacial score (nSPS) is 17.9. The van der Waals surface area contributed by atoms with Crippen molar-refractivity contribution in [3.63, 3.8) is 0 Å². The molecule has 1 aliphatic heterocycles. The van der Waals surface area contributed by atoms with Gasteiger partial charge in [0.05, 0.1) is 12.2 Å². The van der Waals surface area contributed by atoms with Gasteiger partial charge in [0.15, 0.2) is 0 Å². The minimum absolute atomic E-state index is 0.512. The standard InChI is InChI=1S/C15H17NO3/c17-15(18)12(9-16-7-3-4-8-16)13-10-19-14-6-2-1-5-11(13)14/h1-2,5-6,10,12H,3-4,7-9H2,(H,17,18). The molecule has 0 bridgehead atoms. The van der Waals surface area contributed by atoms with Gasteiger partial charge in [-0.3, -0.25) is 4.79 Å². The lowest BCUT2D eigenvalue weighted by Gasteiger charge is -2.19. The Morgan fingerprint density at radius 3 is 2.79 bits per heavy atom. The molecule has 0 amide bonds. The number of carbonyl (C=O) groups is 1. The van der Waals surface area contributed by atoms with Crippen LogP contribution in [0.3, 0.4) is 0 Å². The lowest BCUT2D eigenvalue weighted by molar-refractivity contribution is -0.139. The van der Waals surface area contributed by atoms with Crippen LogP contribution in [-0.4, -0.2) is 35.6 Å². The van der Waals surface area contributed by atoms with E-state index < -0.39 is 11.9 Å². The van der Waals surface area contributed by atoms with E-state index in [1.807, 2.05) is 24.3 Å². The summed E-state index contributed by atoms with van der Waals surface area (Å²) in [7, 11) is 0. The van der Waals surface area contributed by atoms with E-state index in [1.165, 1.54) is 12.8 Å². The van der Waals surface area contributed by atoms with Crippen molar-refractivity contribution >= 4 is 16.9 Å². The number of fused-ring (bicyclic) bond motifs is 1. The highest BCUT2D eigenvalue weighted by atomic mass is 16.4. The molecule has 4 nitrogen and oxygen atoms in total. The van der Waals surface area contributed by atoms with Gasteiger partial charge in [0.25, 0.3) is 0 Å². The number of aliphatic carboxylic acids is 1. The van der Waals surface area contributed by atoms with E-state index in [2.05, 4.69) is 4.90 Å². The lowest BCUT2D eigenvalue weighted by Crippen LogP contribution is -2.29. The molecule has 1 saturated heterocycles. The van der Waals surface area contributed by atoms with E-state index in [1.54, 1.807) is 6.26 Å². The van der Waals surface area contributed by atoms with Gasteiger partial charge in [-0.15, -0.1) is 0 Å². The zero-order valence-corrected chi connectivity index (χ0v) is 10.7. The summed E-state index contributed by atoms with van der Waals surface area (Å²) < 4.78 is 5.46. The van der Waals surface area contributed by atoms with Crippen LogP contribution in [0.25, 0.3) is 11.0 Å². The highest BCUT2D eigenvalue weighted by Gasteiger charge is 2.27. The van der Waals surface area contributed by atoms with Gasteiger partial charge in [0.2, 0.25) is 0 Å². The van der Waals surface area contributed by atoms with Crippen molar-refractivity contribution in [2.24, 2.45) is 0 Å². The Morgan fingerprint density at radius 2 is 2.05 bits per heavy atom. The van der Waals surface area contributed by atoms with Crippen LogP contribution in [0.1, 0.15) is 24.3 Å². The number of rotatable bonds is 4.